The maximum absolute atomic E-state index is 13.8. The van der Waals surface area contributed by atoms with E-state index in [-0.39, 0.29) is 28.7 Å². The number of anilines is 2. The Morgan fingerprint density at radius 3 is 2.35 bits per heavy atom. The predicted octanol–water partition coefficient (Wildman–Crippen LogP) is 4.97. The lowest BCUT2D eigenvalue weighted by Crippen LogP contribution is -2.31. The number of hydrogen-bond acceptors (Lipinski definition) is 3. The number of hydrogen-bond donors (Lipinski definition) is 3. The van der Waals surface area contributed by atoms with E-state index >= 15 is 0 Å². The Balaban J connectivity index is 1.67. The van der Waals surface area contributed by atoms with Gasteiger partial charge in [0, 0.05) is 5.69 Å². The van der Waals surface area contributed by atoms with Crippen molar-refractivity contribution < 1.29 is 18.4 Å². The zero-order valence-electron chi connectivity index (χ0n) is 16.4. The molecule has 0 aliphatic rings. The molecule has 0 aliphatic carbocycles. The topological polar surface area (TPSA) is 94.0 Å². The van der Waals surface area contributed by atoms with Gasteiger partial charge in [0.25, 0.3) is 5.91 Å². The number of benzene rings is 3. The van der Waals surface area contributed by atoms with Crippen molar-refractivity contribution in [1.29, 1.82) is 5.26 Å². The molecule has 0 aromatic heterocycles. The Hall–Kier alpha value is -4.25. The fourth-order valence-corrected chi connectivity index (χ4v) is 2.86. The number of carbonyl (C=O) groups is 2. The van der Waals surface area contributed by atoms with Gasteiger partial charge in [-0.3, -0.25) is 4.79 Å². The molecule has 0 saturated carbocycles. The molecule has 0 radical (unpaired) electrons. The van der Waals surface area contributed by atoms with Crippen molar-refractivity contribution in [3.8, 4) is 6.07 Å². The summed E-state index contributed by atoms with van der Waals surface area (Å²) in [6, 6.07) is 16.6. The summed E-state index contributed by atoms with van der Waals surface area (Å²) >= 11 is 0. The van der Waals surface area contributed by atoms with Crippen molar-refractivity contribution in [3.63, 3.8) is 0 Å². The van der Waals surface area contributed by atoms with Gasteiger partial charge in [0.15, 0.2) is 0 Å². The Kier molecular flexibility index (Phi) is 6.58. The van der Waals surface area contributed by atoms with E-state index in [0.29, 0.717) is 5.69 Å². The number of carbonyl (C=O) groups excluding carboxylic acids is 2. The molecule has 0 bridgehead atoms. The van der Waals surface area contributed by atoms with E-state index in [9.17, 15) is 23.6 Å². The van der Waals surface area contributed by atoms with E-state index in [1.165, 1.54) is 54.6 Å². The lowest BCUT2D eigenvalue weighted by atomic mass is 10.1. The summed E-state index contributed by atoms with van der Waals surface area (Å²) in [5.41, 5.74) is 1.17. The SMILES string of the molecule is C[C@H](NC(=O)Nc1ccc(NC(=O)c2ccccc2F)c(C#N)c1)c1ccc(F)cc1. The van der Waals surface area contributed by atoms with Crippen molar-refractivity contribution in [1.82, 2.24) is 5.32 Å². The molecule has 3 N–H and O–H groups in total. The van der Waals surface area contributed by atoms with Crippen LogP contribution in [0.1, 0.15) is 34.5 Å². The number of nitrogens with zero attached hydrogens (tertiary/aromatic N) is 1. The molecule has 0 unspecified atom stereocenters. The summed E-state index contributed by atoms with van der Waals surface area (Å²) in [6.07, 6.45) is 0. The number of amides is 3. The van der Waals surface area contributed by atoms with Crippen LogP contribution in [0, 0.1) is 23.0 Å². The average molecular weight is 420 g/mol. The largest absolute Gasteiger partial charge is 0.331 e. The molecule has 3 amide bonds. The summed E-state index contributed by atoms with van der Waals surface area (Å²) < 4.78 is 26.8. The molecule has 0 saturated heterocycles. The molecule has 8 heteroatoms. The van der Waals surface area contributed by atoms with E-state index in [1.807, 2.05) is 6.07 Å². The smallest absolute Gasteiger partial charge is 0.319 e. The van der Waals surface area contributed by atoms with Crippen LogP contribution in [0.5, 0.6) is 0 Å². The van der Waals surface area contributed by atoms with Gasteiger partial charge in [-0.2, -0.15) is 5.26 Å². The predicted molar refractivity (Wildman–Crippen MR) is 112 cm³/mol. The van der Waals surface area contributed by atoms with Crippen molar-refractivity contribution in [2.24, 2.45) is 0 Å². The van der Waals surface area contributed by atoms with Crippen LogP contribution >= 0.6 is 0 Å². The second-order valence-electron chi connectivity index (χ2n) is 6.68. The third-order valence-electron chi connectivity index (χ3n) is 4.48. The number of urea groups is 1. The molecular formula is C23H18F2N4O2. The first-order chi connectivity index (χ1) is 14.9. The van der Waals surface area contributed by atoms with Crippen LogP contribution in [0.2, 0.25) is 0 Å². The van der Waals surface area contributed by atoms with E-state index in [1.54, 1.807) is 19.1 Å². The number of nitrogens with one attached hydrogen (secondary N) is 3. The highest BCUT2D eigenvalue weighted by atomic mass is 19.1. The summed E-state index contributed by atoms with van der Waals surface area (Å²) in [5.74, 6) is -1.74. The summed E-state index contributed by atoms with van der Waals surface area (Å²) in [5, 5.41) is 17.2. The molecule has 31 heavy (non-hydrogen) atoms. The molecule has 0 heterocycles. The van der Waals surface area contributed by atoms with Crippen LogP contribution in [0.4, 0.5) is 25.0 Å². The van der Waals surface area contributed by atoms with Crippen LogP contribution in [0.15, 0.2) is 66.7 Å². The third kappa shape index (κ3) is 5.42. The number of nitriles is 1. The lowest BCUT2D eigenvalue weighted by Gasteiger charge is -2.16. The summed E-state index contributed by atoms with van der Waals surface area (Å²) in [6.45, 7) is 1.74. The molecule has 3 aromatic carbocycles. The van der Waals surface area contributed by atoms with Gasteiger partial charge in [-0.25, -0.2) is 13.6 Å². The zero-order chi connectivity index (χ0) is 22.4. The van der Waals surface area contributed by atoms with Crippen molar-refractivity contribution in [3.05, 3.63) is 95.1 Å². The quantitative estimate of drug-likeness (QED) is 0.544. The van der Waals surface area contributed by atoms with E-state index < -0.39 is 17.8 Å². The fraction of sp³-hybridized carbons (Fsp3) is 0.0870. The van der Waals surface area contributed by atoms with E-state index in [4.69, 9.17) is 0 Å². The van der Waals surface area contributed by atoms with Gasteiger partial charge in [-0.15, -0.1) is 0 Å². The normalized spacial score (nSPS) is 11.2. The van der Waals surface area contributed by atoms with Gasteiger partial charge in [-0.05, 0) is 55.0 Å². The maximum Gasteiger partial charge on any atom is 0.319 e. The summed E-state index contributed by atoms with van der Waals surface area (Å²) in [7, 11) is 0. The molecule has 1 atom stereocenters. The summed E-state index contributed by atoms with van der Waals surface area (Å²) in [4.78, 5) is 24.5. The minimum atomic E-state index is -0.693. The average Bonchev–Trinajstić information content (AvgIpc) is 2.75. The third-order valence-corrected chi connectivity index (χ3v) is 4.48. The number of rotatable bonds is 5. The molecule has 6 nitrogen and oxygen atoms in total. The molecule has 3 aromatic rings. The highest BCUT2D eigenvalue weighted by Crippen LogP contribution is 2.22. The van der Waals surface area contributed by atoms with Crippen LogP contribution in [0.25, 0.3) is 0 Å². The van der Waals surface area contributed by atoms with Crippen LogP contribution in [-0.2, 0) is 0 Å². The van der Waals surface area contributed by atoms with E-state index in [2.05, 4.69) is 16.0 Å². The Labute approximate surface area is 177 Å². The zero-order valence-corrected chi connectivity index (χ0v) is 16.4. The molecule has 0 fully saturated rings. The maximum atomic E-state index is 13.8. The second-order valence-corrected chi connectivity index (χ2v) is 6.68. The van der Waals surface area contributed by atoms with Crippen LogP contribution in [-0.4, -0.2) is 11.9 Å². The first kappa shape index (κ1) is 21.5. The molecular weight excluding hydrogens is 402 g/mol. The van der Waals surface area contributed by atoms with Gasteiger partial charge in [0.2, 0.25) is 0 Å². The highest BCUT2D eigenvalue weighted by Gasteiger charge is 2.15. The Morgan fingerprint density at radius 1 is 0.968 bits per heavy atom. The lowest BCUT2D eigenvalue weighted by molar-refractivity contribution is 0.102. The minimum absolute atomic E-state index is 0.0917. The monoisotopic (exact) mass is 420 g/mol. The Bertz CT molecular complexity index is 1160. The van der Waals surface area contributed by atoms with Crippen LogP contribution < -0.4 is 16.0 Å². The van der Waals surface area contributed by atoms with Gasteiger partial charge in [0.05, 0.1) is 22.9 Å². The molecule has 156 valence electrons. The first-order valence-corrected chi connectivity index (χ1v) is 9.30. The second kappa shape index (κ2) is 9.50. The van der Waals surface area contributed by atoms with E-state index in [0.717, 1.165) is 5.56 Å². The Morgan fingerprint density at radius 2 is 1.68 bits per heavy atom. The van der Waals surface area contributed by atoms with Gasteiger partial charge < -0.3 is 16.0 Å². The number of halogens is 2. The van der Waals surface area contributed by atoms with Gasteiger partial charge in [-0.1, -0.05) is 24.3 Å². The first-order valence-electron chi connectivity index (χ1n) is 9.30. The molecule has 0 aliphatic heterocycles. The standard InChI is InChI=1S/C23H18F2N4O2/c1-14(15-6-8-17(24)9-7-15)27-23(31)28-18-10-11-21(16(12-18)13-26)29-22(30)19-4-2-3-5-20(19)25/h2-12,14H,1H3,(H,29,30)(H2,27,28,31)/t14-/m0/s1. The molecule has 3 rings (SSSR count). The van der Waals surface area contributed by atoms with Gasteiger partial charge >= 0.3 is 6.03 Å². The molecule has 0 spiro atoms. The van der Waals surface area contributed by atoms with Crippen LogP contribution in [0.3, 0.4) is 0 Å². The minimum Gasteiger partial charge on any atom is -0.331 e. The van der Waals surface area contributed by atoms with Gasteiger partial charge in [0.1, 0.15) is 17.7 Å². The van der Waals surface area contributed by atoms with Crippen molar-refractivity contribution in [2.45, 2.75) is 13.0 Å². The fourth-order valence-electron chi connectivity index (χ4n) is 2.86. The van der Waals surface area contributed by atoms with Crippen molar-refractivity contribution >= 4 is 23.3 Å². The van der Waals surface area contributed by atoms with Crippen molar-refractivity contribution in [2.75, 3.05) is 10.6 Å². The highest BCUT2D eigenvalue weighted by molar-refractivity contribution is 6.05.